The van der Waals surface area contributed by atoms with E-state index in [4.69, 9.17) is 0 Å². The number of piperidine rings is 1. The maximum atomic E-state index is 14.1. The minimum absolute atomic E-state index is 0.0229. The first-order valence-electron chi connectivity index (χ1n) is 11.1. The molecule has 0 spiro atoms. The van der Waals surface area contributed by atoms with Crippen molar-refractivity contribution in [3.63, 3.8) is 0 Å². The molecule has 0 saturated carbocycles. The van der Waals surface area contributed by atoms with E-state index in [2.05, 4.69) is 10.3 Å². The fourth-order valence-corrected chi connectivity index (χ4v) is 5.85. The van der Waals surface area contributed by atoms with Crippen molar-refractivity contribution in [2.45, 2.75) is 17.7 Å². The molecule has 7 nitrogen and oxygen atoms in total. The number of aromatic nitrogens is 2. The minimum Gasteiger partial charge on any atom is -0.310 e. The van der Waals surface area contributed by atoms with Crippen LogP contribution in [-0.4, -0.2) is 41.1 Å². The molecular formula is C25H22F2N4O3S. The molecule has 0 unspecified atom stereocenters. The van der Waals surface area contributed by atoms with E-state index in [1.807, 2.05) is 54.7 Å². The Morgan fingerprint density at radius 3 is 2.43 bits per heavy atom. The van der Waals surface area contributed by atoms with Gasteiger partial charge in [-0.05, 0) is 43.2 Å². The van der Waals surface area contributed by atoms with Crippen molar-refractivity contribution in [3.8, 4) is 11.3 Å². The number of carbonyl (C=O) groups excluding carboxylic acids is 1. The number of pyridine rings is 1. The van der Waals surface area contributed by atoms with Crippen LogP contribution in [0.4, 0.5) is 14.6 Å². The lowest BCUT2D eigenvalue weighted by Crippen LogP contribution is -2.41. The number of fused-ring (bicyclic) bond motifs is 1. The molecule has 0 bridgehead atoms. The van der Waals surface area contributed by atoms with E-state index >= 15 is 0 Å². The standard InChI is InChI=1S/C25H22F2N4O3S/c26-19-9-10-20(27)21(16-19)35(33,34)30-14-11-18(12-15-30)25(32)29-24-23(17-6-2-1-3-7-17)28-22-8-4-5-13-31(22)24/h1-10,13,16,18H,11-12,14-15H2,(H,29,32). The number of amides is 1. The van der Waals surface area contributed by atoms with Gasteiger partial charge in [0.2, 0.25) is 15.9 Å². The van der Waals surface area contributed by atoms with Crippen LogP contribution in [0.1, 0.15) is 12.8 Å². The van der Waals surface area contributed by atoms with Crippen LogP contribution in [0.3, 0.4) is 0 Å². The Morgan fingerprint density at radius 2 is 1.69 bits per heavy atom. The van der Waals surface area contributed by atoms with Crippen molar-refractivity contribution in [3.05, 3.63) is 84.6 Å². The van der Waals surface area contributed by atoms with Gasteiger partial charge in [-0.2, -0.15) is 4.31 Å². The third-order valence-corrected chi connectivity index (χ3v) is 8.07. The molecule has 0 radical (unpaired) electrons. The predicted octanol–water partition coefficient (Wildman–Crippen LogP) is 4.32. The molecule has 4 aromatic rings. The summed E-state index contributed by atoms with van der Waals surface area (Å²) in [6, 6.07) is 17.4. The van der Waals surface area contributed by atoms with E-state index in [9.17, 15) is 22.0 Å². The van der Waals surface area contributed by atoms with Gasteiger partial charge in [-0.25, -0.2) is 22.2 Å². The normalized spacial score (nSPS) is 15.4. The number of nitrogens with one attached hydrogen (secondary N) is 1. The van der Waals surface area contributed by atoms with Crippen molar-refractivity contribution in [1.82, 2.24) is 13.7 Å². The van der Waals surface area contributed by atoms with Gasteiger partial charge >= 0.3 is 0 Å². The van der Waals surface area contributed by atoms with Crippen LogP contribution in [0.25, 0.3) is 16.9 Å². The van der Waals surface area contributed by atoms with Gasteiger partial charge in [0.05, 0.1) is 0 Å². The maximum Gasteiger partial charge on any atom is 0.246 e. The van der Waals surface area contributed by atoms with E-state index in [0.29, 0.717) is 23.2 Å². The summed E-state index contributed by atoms with van der Waals surface area (Å²) >= 11 is 0. The van der Waals surface area contributed by atoms with E-state index in [-0.39, 0.29) is 31.8 Å². The zero-order valence-electron chi connectivity index (χ0n) is 18.6. The van der Waals surface area contributed by atoms with Crippen molar-refractivity contribution >= 4 is 27.4 Å². The second-order valence-electron chi connectivity index (χ2n) is 8.35. The molecule has 3 heterocycles. The van der Waals surface area contributed by atoms with Gasteiger partial charge in [0.25, 0.3) is 0 Å². The maximum absolute atomic E-state index is 14.1. The number of hydrogen-bond donors (Lipinski definition) is 1. The predicted molar refractivity (Wildman–Crippen MR) is 127 cm³/mol. The minimum atomic E-state index is -4.21. The Bertz CT molecular complexity index is 1500. The summed E-state index contributed by atoms with van der Waals surface area (Å²) in [5, 5.41) is 2.99. The first kappa shape index (κ1) is 23.1. The third kappa shape index (κ3) is 4.42. The number of sulfonamides is 1. The summed E-state index contributed by atoms with van der Waals surface area (Å²) in [4.78, 5) is 17.2. The molecule has 2 aromatic carbocycles. The molecule has 1 N–H and O–H groups in total. The lowest BCUT2D eigenvalue weighted by atomic mass is 9.97. The second-order valence-corrected chi connectivity index (χ2v) is 10.3. The fraction of sp³-hybridized carbons (Fsp3) is 0.200. The van der Waals surface area contributed by atoms with Gasteiger partial charge in [0, 0.05) is 30.8 Å². The van der Waals surface area contributed by atoms with Gasteiger partial charge in [0.15, 0.2) is 0 Å². The molecule has 0 atom stereocenters. The lowest BCUT2D eigenvalue weighted by molar-refractivity contribution is -0.120. The van der Waals surface area contributed by atoms with Gasteiger partial charge < -0.3 is 5.32 Å². The average Bonchev–Trinajstić information content (AvgIpc) is 3.24. The molecular weight excluding hydrogens is 474 g/mol. The number of benzene rings is 2. The van der Waals surface area contributed by atoms with Crippen molar-refractivity contribution < 1.29 is 22.0 Å². The third-order valence-electron chi connectivity index (χ3n) is 6.15. The molecule has 5 rings (SSSR count). The monoisotopic (exact) mass is 496 g/mol. The van der Waals surface area contributed by atoms with Crippen molar-refractivity contribution in [2.24, 2.45) is 5.92 Å². The van der Waals surface area contributed by atoms with Crippen LogP contribution < -0.4 is 5.32 Å². The Kier molecular flexibility index (Phi) is 6.08. The topological polar surface area (TPSA) is 83.8 Å². The molecule has 1 saturated heterocycles. The van der Waals surface area contributed by atoms with E-state index in [1.54, 1.807) is 4.40 Å². The SMILES string of the molecule is O=C(Nc1c(-c2ccccc2)nc2ccccn12)C1CCN(S(=O)(=O)c2cc(F)ccc2F)CC1. The molecule has 0 aliphatic carbocycles. The van der Waals surface area contributed by atoms with Crippen LogP contribution in [0.2, 0.25) is 0 Å². The first-order chi connectivity index (χ1) is 16.8. The van der Waals surface area contributed by atoms with Gasteiger partial charge in [-0.1, -0.05) is 36.4 Å². The van der Waals surface area contributed by atoms with Gasteiger partial charge in [-0.3, -0.25) is 9.20 Å². The van der Waals surface area contributed by atoms with Crippen LogP contribution in [0.5, 0.6) is 0 Å². The summed E-state index contributed by atoms with van der Waals surface area (Å²) in [7, 11) is -4.21. The van der Waals surface area contributed by atoms with E-state index < -0.39 is 32.5 Å². The highest BCUT2D eigenvalue weighted by atomic mass is 32.2. The van der Waals surface area contributed by atoms with E-state index in [1.165, 1.54) is 0 Å². The molecule has 1 aliphatic rings. The van der Waals surface area contributed by atoms with Crippen LogP contribution in [0, 0.1) is 17.6 Å². The highest BCUT2D eigenvalue weighted by molar-refractivity contribution is 7.89. The summed E-state index contributed by atoms with van der Waals surface area (Å²) in [5.74, 6) is -2.00. The number of carbonyl (C=O) groups is 1. The number of anilines is 1. The first-order valence-corrected chi connectivity index (χ1v) is 12.6. The molecule has 1 fully saturated rings. The number of nitrogens with zero attached hydrogens (tertiary/aromatic N) is 3. The Balaban J connectivity index is 1.34. The molecule has 180 valence electrons. The van der Waals surface area contributed by atoms with Crippen molar-refractivity contribution in [1.29, 1.82) is 0 Å². The second kappa shape index (κ2) is 9.20. The summed E-state index contributed by atoms with van der Waals surface area (Å²) in [6.45, 7) is 0.0458. The molecule has 35 heavy (non-hydrogen) atoms. The number of rotatable bonds is 5. The molecule has 1 amide bonds. The summed E-state index contributed by atoms with van der Waals surface area (Å²) in [6.07, 6.45) is 2.31. The Morgan fingerprint density at radius 1 is 0.971 bits per heavy atom. The van der Waals surface area contributed by atoms with E-state index in [0.717, 1.165) is 22.0 Å². The van der Waals surface area contributed by atoms with Crippen LogP contribution in [-0.2, 0) is 14.8 Å². The smallest absolute Gasteiger partial charge is 0.246 e. The fourth-order valence-electron chi connectivity index (χ4n) is 4.30. The number of hydrogen-bond acceptors (Lipinski definition) is 4. The summed E-state index contributed by atoms with van der Waals surface area (Å²) < 4.78 is 56.2. The quantitative estimate of drug-likeness (QED) is 0.446. The van der Waals surface area contributed by atoms with Gasteiger partial charge in [0.1, 0.15) is 33.7 Å². The van der Waals surface area contributed by atoms with Gasteiger partial charge in [-0.15, -0.1) is 0 Å². The number of halogens is 2. The highest BCUT2D eigenvalue weighted by Gasteiger charge is 2.34. The highest BCUT2D eigenvalue weighted by Crippen LogP contribution is 2.31. The summed E-state index contributed by atoms with van der Waals surface area (Å²) in [5.41, 5.74) is 2.16. The van der Waals surface area contributed by atoms with Crippen molar-refractivity contribution in [2.75, 3.05) is 18.4 Å². The molecule has 2 aromatic heterocycles. The molecule has 10 heteroatoms. The van der Waals surface area contributed by atoms with Crippen LogP contribution >= 0.6 is 0 Å². The largest absolute Gasteiger partial charge is 0.310 e. The molecule has 1 aliphatic heterocycles. The van der Waals surface area contributed by atoms with Crippen LogP contribution in [0.15, 0.2) is 77.8 Å². The Labute approximate surface area is 201 Å². The number of imidazole rings is 1. The lowest BCUT2D eigenvalue weighted by Gasteiger charge is -2.30. The average molecular weight is 497 g/mol. The zero-order valence-corrected chi connectivity index (χ0v) is 19.4. The zero-order chi connectivity index (χ0) is 24.6. The Hall–Kier alpha value is -3.63.